The summed E-state index contributed by atoms with van der Waals surface area (Å²) in [4.78, 5) is 2.42. The van der Waals surface area contributed by atoms with Gasteiger partial charge in [-0.3, -0.25) is 4.90 Å². The van der Waals surface area contributed by atoms with Gasteiger partial charge in [0.05, 0.1) is 12.2 Å². The quantitative estimate of drug-likeness (QED) is 0.672. The van der Waals surface area contributed by atoms with E-state index < -0.39 is 0 Å². The molecule has 0 amide bonds. The SMILES string of the molecule is C=CCN1CCC(n2ccnn2)CC1. The van der Waals surface area contributed by atoms with Crippen LogP contribution in [0.25, 0.3) is 0 Å². The first-order valence-electron chi connectivity index (χ1n) is 5.09. The van der Waals surface area contributed by atoms with Crippen molar-refractivity contribution in [1.29, 1.82) is 0 Å². The van der Waals surface area contributed by atoms with Gasteiger partial charge in [0.25, 0.3) is 0 Å². The van der Waals surface area contributed by atoms with Crippen molar-refractivity contribution in [3.63, 3.8) is 0 Å². The third-order valence-electron chi connectivity index (χ3n) is 2.76. The largest absolute Gasteiger partial charge is 0.300 e. The lowest BCUT2D eigenvalue weighted by Gasteiger charge is -2.30. The van der Waals surface area contributed by atoms with E-state index in [1.807, 2.05) is 17.0 Å². The minimum absolute atomic E-state index is 0.540. The molecule has 1 aromatic heterocycles. The van der Waals surface area contributed by atoms with Crippen LogP contribution in [0.2, 0.25) is 0 Å². The van der Waals surface area contributed by atoms with Gasteiger partial charge in [0.1, 0.15) is 0 Å². The molecule has 0 bridgehead atoms. The van der Waals surface area contributed by atoms with Gasteiger partial charge in [-0.1, -0.05) is 11.3 Å². The third kappa shape index (κ3) is 2.01. The summed E-state index contributed by atoms with van der Waals surface area (Å²) in [5.74, 6) is 0. The van der Waals surface area contributed by atoms with Crippen molar-refractivity contribution in [2.45, 2.75) is 18.9 Å². The van der Waals surface area contributed by atoms with E-state index in [2.05, 4.69) is 21.8 Å². The molecule has 1 fully saturated rings. The molecule has 4 heteroatoms. The summed E-state index contributed by atoms with van der Waals surface area (Å²) in [5.41, 5.74) is 0. The van der Waals surface area contributed by atoms with Gasteiger partial charge < -0.3 is 0 Å². The average Bonchev–Trinajstić information content (AvgIpc) is 2.72. The average molecular weight is 192 g/mol. The Morgan fingerprint density at radius 1 is 1.43 bits per heavy atom. The van der Waals surface area contributed by atoms with Crippen LogP contribution in [0.4, 0.5) is 0 Å². The highest BCUT2D eigenvalue weighted by atomic mass is 15.4. The van der Waals surface area contributed by atoms with Gasteiger partial charge in [-0.05, 0) is 12.8 Å². The summed E-state index contributed by atoms with van der Waals surface area (Å²) in [6, 6.07) is 0.540. The summed E-state index contributed by atoms with van der Waals surface area (Å²) in [5, 5.41) is 7.87. The fourth-order valence-electron chi connectivity index (χ4n) is 1.96. The van der Waals surface area contributed by atoms with Crippen LogP contribution < -0.4 is 0 Å². The Bertz CT molecular complexity index is 272. The van der Waals surface area contributed by atoms with Crippen LogP contribution in [0.1, 0.15) is 18.9 Å². The Balaban J connectivity index is 1.87. The second kappa shape index (κ2) is 4.37. The summed E-state index contributed by atoms with van der Waals surface area (Å²) < 4.78 is 1.98. The zero-order valence-electron chi connectivity index (χ0n) is 8.34. The molecule has 1 aromatic rings. The molecule has 0 atom stereocenters. The molecule has 2 heterocycles. The van der Waals surface area contributed by atoms with Crippen LogP contribution >= 0.6 is 0 Å². The van der Waals surface area contributed by atoms with E-state index in [0.717, 1.165) is 32.5 Å². The minimum atomic E-state index is 0.540. The molecule has 1 aliphatic rings. The number of hydrogen-bond donors (Lipinski definition) is 0. The first kappa shape index (κ1) is 9.40. The van der Waals surface area contributed by atoms with Crippen molar-refractivity contribution in [2.24, 2.45) is 0 Å². The summed E-state index contributed by atoms with van der Waals surface area (Å²) >= 11 is 0. The van der Waals surface area contributed by atoms with E-state index >= 15 is 0 Å². The third-order valence-corrected chi connectivity index (χ3v) is 2.76. The van der Waals surface area contributed by atoms with E-state index in [-0.39, 0.29) is 0 Å². The Labute approximate surface area is 84.2 Å². The highest BCUT2D eigenvalue weighted by Gasteiger charge is 2.19. The smallest absolute Gasteiger partial charge is 0.0693 e. The second-order valence-electron chi connectivity index (χ2n) is 3.70. The monoisotopic (exact) mass is 192 g/mol. The number of hydrogen-bond acceptors (Lipinski definition) is 3. The Hall–Kier alpha value is -1.16. The fourth-order valence-corrected chi connectivity index (χ4v) is 1.96. The van der Waals surface area contributed by atoms with Crippen LogP contribution in [0.15, 0.2) is 25.0 Å². The first-order chi connectivity index (χ1) is 6.90. The fraction of sp³-hybridized carbons (Fsp3) is 0.600. The standard InChI is InChI=1S/C10H16N4/c1-2-6-13-7-3-10(4-8-13)14-9-5-11-12-14/h2,5,9-10H,1,3-4,6-8H2. The number of aromatic nitrogens is 3. The Morgan fingerprint density at radius 3 is 2.79 bits per heavy atom. The normalized spacial score (nSPS) is 19.7. The summed E-state index contributed by atoms with van der Waals surface area (Å²) in [7, 11) is 0. The van der Waals surface area contributed by atoms with Gasteiger partial charge in [0.2, 0.25) is 0 Å². The zero-order chi connectivity index (χ0) is 9.80. The maximum absolute atomic E-state index is 4.04. The van der Waals surface area contributed by atoms with Crippen molar-refractivity contribution in [3.8, 4) is 0 Å². The van der Waals surface area contributed by atoms with Crippen LogP contribution in [0, 0.1) is 0 Å². The molecule has 4 nitrogen and oxygen atoms in total. The van der Waals surface area contributed by atoms with Crippen molar-refractivity contribution in [2.75, 3.05) is 19.6 Å². The topological polar surface area (TPSA) is 34.0 Å². The van der Waals surface area contributed by atoms with Crippen molar-refractivity contribution < 1.29 is 0 Å². The highest BCUT2D eigenvalue weighted by Crippen LogP contribution is 2.20. The molecule has 0 saturated carbocycles. The van der Waals surface area contributed by atoms with Crippen LogP contribution in [0.5, 0.6) is 0 Å². The highest BCUT2D eigenvalue weighted by molar-refractivity contribution is 4.81. The van der Waals surface area contributed by atoms with Gasteiger partial charge in [-0.25, -0.2) is 4.68 Å². The van der Waals surface area contributed by atoms with Crippen LogP contribution in [-0.4, -0.2) is 39.5 Å². The molecule has 76 valence electrons. The zero-order valence-corrected chi connectivity index (χ0v) is 8.34. The van der Waals surface area contributed by atoms with Gasteiger partial charge in [0, 0.05) is 25.8 Å². The molecule has 0 N–H and O–H groups in total. The van der Waals surface area contributed by atoms with Gasteiger partial charge in [-0.2, -0.15) is 0 Å². The maximum Gasteiger partial charge on any atom is 0.0693 e. The van der Waals surface area contributed by atoms with Crippen LogP contribution in [0.3, 0.4) is 0 Å². The van der Waals surface area contributed by atoms with Gasteiger partial charge >= 0.3 is 0 Å². The van der Waals surface area contributed by atoms with E-state index in [4.69, 9.17) is 0 Å². The molecule has 0 aromatic carbocycles. The van der Waals surface area contributed by atoms with E-state index in [0.29, 0.717) is 6.04 Å². The molecule has 14 heavy (non-hydrogen) atoms. The molecule has 0 unspecified atom stereocenters. The molecule has 0 radical (unpaired) electrons. The first-order valence-corrected chi connectivity index (χ1v) is 5.09. The Kier molecular flexibility index (Phi) is 2.93. The van der Waals surface area contributed by atoms with Crippen LogP contribution in [-0.2, 0) is 0 Å². The summed E-state index contributed by atoms with van der Waals surface area (Å²) in [6.07, 6.45) is 7.99. The molecule has 0 aliphatic carbocycles. The van der Waals surface area contributed by atoms with E-state index in [1.54, 1.807) is 6.20 Å². The lowest BCUT2D eigenvalue weighted by molar-refractivity contribution is 0.194. The Morgan fingerprint density at radius 2 is 2.21 bits per heavy atom. The van der Waals surface area contributed by atoms with Gasteiger partial charge in [0.15, 0.2) is 0 Å². The molecular formula is C10H16N4. The molecule has 0 spiro atoms. The predicted octanol–water partition coefficient (Wildman–Crippen LogP) is 1.10. The molecule has 1 aliphatic heterocycles. The predicted molar refractivity (Wildman–Crippen MR) is 54.9 cm³/mol. The van der Waals surface area contributed by atoms with E-state index in [9.17, 15) is 0 Å². The number of nitrogens with zero attached hydrogens (tertiary/aromatic N) is 4. The molecule has 1 saturated heterocycles. The number of rotatable bonds is 3. The molecular weight excluding hydrogens is 176 g/mol. The summed E-state index contributed by atoms with van der Waals surface area (Å²) in [6.45, 7) is 7.03. The number of piperidine rings is 1. The van der Waals surface area contributed by atoms with Gasteiger partial charge in [-0.15, -0.1) is 11.7 Å². The maximum atomic E-state index is 4.04. The number of likely N-dealkylation sites (tertiary alicyclic amines) is 1. The minimum Gasteiger partial charge on any atom is -0.300 e. The molecule has 2 rings (SSSR count). The van der Waals surface area contributed by atoms with Crippen molar-refractivity contribution >= 4 is 0 Å². The van der Waals surface area contributed by atoms with Crippen molar-refractivity contribution in [3.05, 3.63) is 25.0 Å². The lowest BCUT2D eigenvalue weighted by Crippen LogP contribution is -2.34. The second-order valence-corrected chi connectivity index (χ2v) is 3.70. The van der Waals surface area contributed by atoms with E-state index in [1.165, 1.54) is 0 Å². The van der Waals surface area contributed by atoms with Crippen molar-refractivity contribution in [1.82, 2.24) is 19.9 Å². The lowest BCUT2D eigenvalue weighted by atomic mass is 10.1.